The zero-order chi connectivity index (χ0) is 10.1. The van der Waals surface area contributed by atoms with Gasteiger partial charge >= 0.3 is 0 Å². The normalized spacial score (nSPS) is 10.3. The third kappa shape index (κ3) is 1.47. The minimum Gasteiger partial charge on any atom is -0.504 e. The molecule has 0 unspecified atom stereocenters. The first-order valence-electron chi connectivity index (χ1n) is 3.84. The number of nitrogens with one attached hydrogen (secondary N) is 2. The van der Waals surface area contributed by atoms with Crippen LogP contribution in [0.4, 0.5) is 0 Å². The Kier molecular flexibility index (Phi) is 1.97. The average molecular weight is 209 g/mol. The molecular weight excluding hydrogens is 202 g/mol. The van der Waals surface area contributed by atoms with Crippen LogP contribution in [0.3, 0.4) is 0 Å². The predicted octanol–water partition coefficient (Wildman–Crippen LogP) is 1.55. The van der Waals surface area contributed by atoms with Crippen LogP contribution in [0.1, 0.15) is 0 Å². The van der Waals surface area contributed by atoms with Gasteiger partial charge in [0.1, 0.15) is 0 Å². The summed E-state index contributed by atoms with van der Waals surface area (Å²) in [5.74, 6) is 0.165. The average Bonchev–Trinajstić information content (AvgIpc) is 2.57. The first-order valence-corrected chi connectivity index (χ1v) is 4.24. The second kappa shape index (κ2) is 3.15. The Morgan fingerprint density at radius 2 is 1.93 bits per heavy atom. The van der Waals surface area contributed by atoms with Crippen molar-refractivity contribution < 1.29 is 10.2 Å². The van der Waals surface area contributed by atoms with Gasteiger partial charge in [0.25, 0.3) is 0 Å². The van der Waals surface area contributed by atoms with Gasteiger partial charge in [-0.25, -0.2) is 0 Å². The molecule has 72 valence electrons. The lowest BCUT2D eigenvalue weighted by Crippen LogP contribution is -1.80. The third-order valence-corrected chi connectivity index (χ3v) is 1.94. The largest absolute Gasteiger partial charge is 0.504 e. The number of H-pyrrole nitrogens is 2. The first kappa shape index (κ1) is 8.76. The second-order valence-electron chi connectivity index (χ2n) is 2.72. The Balaban J connectivity index is 2.52. The Morgan fingerprint density at radius 1 is 1.14 bits per heavy atom. The monoisotopic (exact) mass is 209 g/mol. The van der Waals surface area contributed by atoms with Crippen molar-refractivity contribution in [2.45, 2.75) is 0 Å². The van der Waals surface area contributed by atoms with Gasteiger partial charge in [-0.3, -0.25) is 10.2 Å². The number of phenolic OH excluding ortho intramolecular Hbond substituents is 2. The number of hydrogen-bond acceptors (Lipinski definition) is 4. The summed E-state index contributed by atoms with van der Waals surface area (Å²) in [4.78, 5) is 3.96. The maximum absolute atomic E-state index is 9.24. The molecule has 0 radical (unpaired) electrons. The maximum Gasteiger partial charge on any atom is 0.213 e. The zero-order valence-electron chi connectivity index (χ0n) is 6.98. The number of hydrogen-bond donors (Lipinski definition) is 4. The molecule has 2 rings (SSSR count). The van der Waals surface area contributed by atoms with Crippen LogP contribution in [0.25, 0.3) is 11.4 Å². The predicted molar refractivity (Wildman–Crippen MR) is 52.5 cm³/mol. The minimum atomic E-state index is -0.190. The number of benzene rings is 1. The lowest BCUT2D eigenvalue weighted by molar-refractivity contribution is 0.404. The fraction of sp³-hybridized carbons (Fsp3) is 0. The molecule has 0 spiro atoms. The fourth-order valence-corrected chi connectivity index (χ4v) is 1.22. The van der Waals surface area contributed by atoms with E-state index in [4.69, 9.17) is 17.3 Å². The topological polar surface area (TPSA) is 84.9 Å². The lowest BCUT2D eigenvalue weighted by atomic mass is 10.2. The standard InChI is InChI=1S/C8H7N3O2S/c12-5-2-1-4(3-6(5)13)7-9-8(14)11-10-7/h1-3,12-13H,(H2,9,10,11,14). The van der Waals surface area contributed by atoms with Crippen molar-refractivity contribution in [3.05, 3.63) is 23.0 Å². The van der Waals surface area contributed by atoms with Crippen molar-refractivity contribution in [3.8, 4) is 22.9 Å². The van der Waals surface area contributed by atoms with Crippen molar-refractivity contribution in [2.24, 2.45) is 0 Å². The van der Waals surface area contributed by atoms with Crippen molar-refractivity contribution in [3.63, 3.8) is 0 Å². The summed E-state index contributed by atoms with van der Waals surface area (Å²) < 4.78 is 0.340. The lowest BCUT2D eigenvalue weighted by Gasteiger charge is -1.99. The van der Waals surface area contributed by atoms with E-state index in [1.807, 2.05) is 0 Å². The highest BCUT2D eigenvalue weighted by molar-refractivity contribution is 7.71. The number of aromatic hydroxyl groups is 2. The van der Waals surface area contributed by atoms with Gasteiger partial charge in [-0.1, -0.05) is 0 Å². The van der Waals surface area contributed by atoms with Gasteiger partial charge in [-0.2, -0.15) is 4.98 Å². The number of nitrogens with zero attached hydrogens (tertiary/aromatic N) is 1. The van der Waals surface area contributed by atoms with E-state index in [9.17, 15) is 5.11 Å². The number of phenols is 2. The summed E-state index contributed by atoms with van der Waals surface area (Å²) in [6.07, 6.45) is 0. The molecule has 0 fully saturated rings. The molecule has 0 saturated heterocycles. The van der Waals surface area contributed by atoms with Crippen LogP contribution in [0, 0.1) is 4.77 Å². The van der Waals surface area contributed by atoms with E-state index in [2.05, 4.69) is 15.2 Å². The van der Waals surface area contributed by atoms with Crippen molar-refractivity contribution >= 4 is 12.2 Å². The summed E-state index contributed by atoms with van der Waals surface area (Å²) in [6, 6.07) is 4.41. The highest BCUT2D eigenvalue weighted by Crippen LogP contribution is 2.28. The molecule has 6 heteroatoms. The van der Waals surface area contributed by atoms with Gasteiger partial charge in [-0.05, 0) is 30.4 Å². The van der Waals surface area contributed by atoms with Crippen LogP contribution in [0.5, 0.6) is 11.5 Å². The van der Waals surface area contributed by atoms with E-state index in [0.29, 0.717) is 16.2 Å². The van der Waals surface area contributed by atoms with Gasteiger partial charge in [0, 0.05) is 5.56 Å². The molecule has 1 aromatic carbocycles. The van der Waals surface area contributed by atoms with Gasteiger partial charge < -0.3 is 10.2 Å². The molecule has 0 saturated carbocycles. The Labute approximate surface area is 84.1 Å². The summed E-state index contributed by atoms with van der Waals surface area (Å²) >= 11 is 4.78. The van der Waals surface area contributed by atoms with E-state index in [0.717, 1.165) is 0 Å². The summed E-state index contributed by atoms with van der Waals surface area (Å²) in [7, 11) is 0. The quantitative estimate of drug-likeness (QED) is 0.424. The highest BCUT2D eigenvalue weighted by atomic mass is 32.1. The summed E-state index contributed by atoms with van der Waals surface area (Å²) in [5, 5.41) is 23.7. The Hall–Kier alpha value is -1.82. The van der Waals surface area contributed by atoms with Crippen LogP contribution < -0.4 is 0 Å². The second-order valence-corrected chi connectivity index (χ2v) is 3.11. The number of rotatable bonds is 1. The van der Waals surface area contributed by atoms with Crippen LogP contribution in [-0.2, 0) is 0 Å². The van der Waals surface area contributed by atoms with Gasteiger partial charge in [0.05, 0.1) is 0 Å². The molecule has 0 amide bonds. The molecule has 0 aliphatic rings. The van der Waals surface area contributed by atoms with Crippen LogP contribution >= 0.6 is 12.2 Å². The smallest absolute Gasteiger partial charge is 0.213 e. The minimum absolute atomic E-state index is 0.164. The molecule has 2 aromatic rings. The Morgan fingerprint density at radius 3 is 2.50 bits per heavy atom. The van der Waals surface area contributed by atoms with Gasteiger partial charge in [0.15, 0.2) is 17.3 Å². The van der Waals surface area contributed by atoms with Crippen molar-refractivity contribution in [2.75, 3.05) is 0 Å². The van der Waals surface area contributed by atoms with Crippen molar-refractivity contribution in [1.82, 2.24) is 15.2 Å². The molecule has 0 bridgehead atoms. The zero-order valence-corrected chi connectivity index (χ0v) is 7.80. The molecule has 5 nitrogen and oxygen atoms in total. The molecular formula is C8H7N3O2S. The Bertz CT molecular complexity index is 517. The van der Waals surface area contributed by atoms with Crippen molar-refractivity contribution in [1.29, 1.82) is 0 Å². The summed E-state index contributed by atoms with van der Waals surface area (Å²) in [5.41, 5.74) is 0.646. The van der Waals surface area contributed by atoms with E-state index in [1.54, 1.807) is 6.07 Å². The van der Waals surface area contributed by atoms with E-state index in [1.165, 1.54) is 12.1 Å². The molecule has 1 heterocycles. The number of aromatic amines is 2. The van der Waals surface area contributed by atoms with E-state index >= 15 is 0 Å². The maximum atomic E-state index is 9.24. The van der Waals surface area contributed by atoms with Gasteiger partial charge in [-0.15, -0.1) is 0 Å². The van der Waals surface area contributed by atoms with E-state index in [-0.39, 0.29) is 11.5 Å². The van der Waals surface area contributed by atoms with Crippen LogP contribution in [0.15, 0.2) is 18.2 Å². The third-order valence-electron chi connectivity index (χ3n) is 1.75. The number of aromatic nitrogens is 3. The van der Waals surface area contributed by atoms with E-state index < -0.39 is 0 Å². The molecule has 0 aliphatic heterocycles. The molecule has 1 aromatic heterocycles. The molecule has 14 heavy (non-hydrogen) atoms. The first-order chi connectivity index (χ1) is 6.66. The van der Waals surface area contributed by atoms with Crippen LogP contribution in [0.2, 0.25) is 0 Å². The fourth-order valence-electron chi connectivity index (χ4n) is 1.08. The van der Waals surface area contributed by atoms with Crippen LogP contribution in [-0.4, -0.2) is 25.4 Å². The SMILES string of the molecule is Oc1ccc(-c2nc(=S)[nH][nH]2)cc1O. The highest BCUT2D eigenvalue weighted by Gasteiger charge is 2.04. The summed E-state index contributed by atoms with van der Waals surface area (Å²) in [6.45, 7) is 0. The van der Waals surface area contributed by atoms with Gasteiger partial charge in [0.2, 0.25) is 4.77 Å². The molecule has 0 atom stereocenters. The molecule has 0 aliphatic carbocycles. The molecule has 4 N–H and O–H groups in total.